The molecule has 2 N–H and O–H groups in total. The number of rotatable bonds is 6. The zero-order valence-electron chi connectivity index (χ0n) is 18.1. The number of amides is 1. The third-order valence-electron chi connectivity index (χ3n) is 5.58. The summed E-state index contributed by atoms with van der Waals surface area (Å²) in [6, 6.07) is 4.52. The lowest BCUT2D eigenvalue weighted by atomic mass is 9.90. The fourth-order valence-corrected chi connectivity index (χ4v) is 5.61. The maximum atomic E-state index is 13.5. The van der Waals surface area contributed by atoms with Gasteiger partial charge in [-0.3, -0.25) is 4.52 Å². The Kier molecular flexibility index (Phi) is 8.16. The highest BCUT2D eigenvalue weighted by Crippen LogP contribution is 2.38. The van der Waals surface area contributed by atoms with Crippen molar-refractivity contribution in [1.29, 1.82) is 0 Å². The van der Waals surface area contributed by atoms with E-state index in [-0.39, 0.29) is 50.5 Å². The van der Waals surface area contributed by atoms with Crippen molar-refractivity contribution in [2.45, 2.75) is 35.6 Å². The molecule has 1 aromatic rings. The molecule has 1 amide bonds. The van der Waals surface area contributed by atoms with E-state index in [2.05, 4.69) is 9.26 Å². The number of morpholine rings is 1. The van der Waals surface area contributed by atoms with Crippen molar-refractivity contribution >= 4 is 23.9 Å². The molecule has 35 heavy (non-hydrogen) atoms. The van der Waals surface area contributed by atoms with E-state index in [1.165, 1.54) is 12.1 Å². The highest BCUT2D eigenvalue weighted by atomic mass is 32.2. The lowest BCUT2D eigenvalue weighted by molar-refractivity contribution is -0.214. The van der Waals surface area contributed by atoms with E-state index >= 15 is 0 Å². The molecular formula is C18H23F4N2O9PS. The Labute approximate surface area is 197 Å². The van der Waals surface area contributed by atoms with Gasteiger partial charge in [-0.25, -0.2) is 22.2 Å². The van der Waals surface area contributed by atoms with Crippen LogP contribution in [-0.4, -0.2) is 90.8 Å². The van der Waals surface area contributed by atoms with Crippen LogP contribution in [0.15, 0.2) is 29.2 Å². The van der Waals surface area contributed by atoms with Gasteiger partial charge in [0.15, 0.2) is 0 Å². The monoisotopic (exact) mass is 550 g/mol. The molecule has 2 heterocycles. The van der Waals surface area contributed by atoms with Gasteiger partial charge in [0, 0.05) is 26.2 Å². The number of phosphoric acid groups is 1. The van der Waals surface area contributed by atoms with E-state index in [1.54, 1.807) is 0 Å². The van der Waals surface area contributed by atoms with Gasteiger partial charge in [-0.2, -0.15) is 17.5 Å². The predicted octanol–water partition coefficient (Wildman–Crippen LogP) is 1.86. The fourth-order valence-electron chi connectivity index (χ4n) is 3.75. The van der Waals surface area contributed by atoms with Crippen LogP contribution in [0.1, 0.15) is 12.8 Å². The van der Waals surface area contributed by atoms with Gasteiger partial charge in [-0.15, -0.1) is 0 Å². The zero-order chi connectivity index (χ0) is 26.1. The number of carbonyl (C=O) groups excluding carboxylic acids is 1. The van der Waals surface area contributed by atoms with Crippen LogP contribution in [-0.2, 0) is 28.6 Å². The molecule has 1 unspecified atom stereocenters. The van der Waals surface area contributed by atoms with E-state index < -0.39 is 54.2 Å². The number of likely N-dealkylation sites (tertiary alicyclic amines) is 1. The van der Waals surface area contributed by atoms with Crippen LogP contribution >= 0.6 is 7.82 Å². The smallest absolute Gasteiger partial charge is 0.434 e. The highest BCUT2D eigenvalue weighted by Gasteiger charge is 2.47. The molecule has 2 fully saturated rings. The Morgan fingerprint density at radius 3 is 2.46 bits per heavy atom. The predicted molar refractivity (Wildman–Crippen MR) is 109 cm³/mol. The Morgan fingerprint density at radius 1 is 1.23 bits per heavy atom. The SMILES string of the molecule is O=C(OC(COP(=O)(O)O)C(F)(F)F)N1CCC2(CC1)CN(S(=O)(=O)c1cccc(F)c1)CCO2. The number of benzene rings is 1. The first-order valence-electron chi connectivity index (χ1n) is 10.2. The molecule has 2 aliphatic rings. The van der Waals surface area contributed by atoms with Gasteiger partial charge in [0.1, 0.15) is 12.4 Å². The van der Waals surface area contributed by atoms with Gasteiger partial charge < -0.3 is 24.2 Å². The maximum Gasteiger partial charge on any atom is 0.469 e. The first kappa shape index (κ1) is 27.8. The van der Waals surface area contributed by atoms with E-state index in [0.717, 1.165) is 21.3 Å². The average Bonchev–Trinajstić information content (AvgIpc) is 2.75. The van der Waals surface area contributed by atoms with Gasteiger partial charge in [0.05, 0.1) is 17.1 Å². The van der Waals surface area contributed by atoms with E-state index in [1.807, 2.05) is 0 Å². The largest absolute Gasteiger partial charge is 0.469 e. The normalized spacial score (nSPS) is 20.6. The number of halogens is 4. The standard InChI is InChI=1S/C18H23F4N2O9PS/c19-13-2-1-3-14(10-13)35(29,30)24-8-9-31-17(12-24)4-6-23(7-5-17)16(25)33-15(18(20,21)22)11-32-34(26,27)28/h1-3,10,15H,4-9,11-12H2,(H2,26,27,28). The van der Waals surface area contributed by atoms with Crippen LogP contribution in [0.2, 0.25) is 0 Å². The zero-order valence-corrected chi connectivity index (χ0v) is 19.8. The molecule has 1 aromatic carbocycles. The number of carbonyl (C=O) groups is 1. The van der Waals surface area contributed by atoms with Crippen molar-refractivity contribution in [3.63, 3.8) is 0 Å². The van der Waals surface area contributed by atoms with Crippen molar-refractivity contribution in [3.8, 4) is 0 Å². The van der Waals surface area contributed by atoms with Crippen LogP contribution in [0.3, 0.4) is 0 Å². The van der Waals surface area contributed by atoms with Crippen LogP contribution in [0.4, 0.5) is 22.4 Å². The van der Waals surface area contributed by atoms with E-state index in [4.69, 9.17) is 14.5 Å². The highest BCUT2D eigenvalue weighted by molar-refractivity contribution is 7.89. The summed E-state index contributed by atoms with van der Waals surface area (Å²) in [6.07, 6.45) is -9.27. The number of sulfonamides is 1. The number of hydrogen-bond acceptors (Lipinski definition) is 7. The summed E-state index contributed by atoms with van der Waals surface area (Å²) in [7, 11) is -9.26. The molecule has 0 aromatic heterocycles. The molecule has 1 atom stereocenters. The molecule has 2 aliphatic heterocycles. The summed E-state index contributed by atoms with van der Waals surface area (Å²) in [5, 5.41) is 0. The number of piperidine rings is 1. The molecule has 11 nitrogen and oxygen atoms in total. The summed E-state index contributed by atoms with van der Waals surface area (Å²) in [4.78, 5) is 30.2. The van der Waals surface area contributed by atoms with Crippen molar-refractivity contribution in [3.05, 3.63) is 30.1 Å². The quantitative estimate of drug-likeness (QED) is 0.401. The van der Waals surface area contributed by atoms with Crippen molar-refractivity contribution in [1.82, 2.24) is 9.21 Å². The van der Waals surface area contributed by atoms with E-state index in [0.29, 0.717) is 0 Å². The Balaban J connectivity index is 1.62. The molecule has 0 aliphatic carbocycles. The topological polar surface area (TPSA) is 143 Å². The van der Waals surface area contributed by atoms with Gasteiger partial charge in [-0.05, 0) is 31.0 Å². The second kappa shape index (κ2) is 10.3. The minimum atomic E-state index is -5.23. The van der Waals surface area contributed by atoms with Crippen LogP contribution < -0.4 is 0 Å². The number of nitrogens with zero attached hydrogens (tertiary/aromatic N) is 2. The minimum Gasteiger partial charge on any atom is -0.434 e. The summed E-state index contributed by atoms with van der Waals surface area (Å²) in [5.41, 5.74) is -1.01. The van der Waals surface area contributed by atoms with Crippen molar-refractivity contribution in [2.24, 2.45) is 0 Å². The minimum absolute atomic E-state index is 0.0131. The van der Waals surface area contributed by atoms with Crippen molar-refractivity contribution < 1.29 is 59.1 Å². The summed E-state index contributed by atoms with van der Waals surface area (Å²) < 4.78 is 105. The van der Waals surface area contributed by atoms with Crippen LogP contribution in [0.25, 0.3) is 0 Å². The number of phosphoric ester groups is 1. The van der Waals surface area contributed by atoms with Crippen molar-refractivity contribution in [2.75, 3.05) is 39.4 Å². The number of alkyl halides is 3. The Bertz CT molecular complexity index is 1070. The molecule has 198 valence electrons. The molecule has 17 heteroatoms. The molecule has 0 bridgehead atoms. The Morgan fingerprint density at radius 2 is 1.89 bits per heavy atom. The lowest BCUT2D eigenvalue weighted by Gasteiger charge is -2.46. The maximum absolute atomic E-state index is 13.5. The second-order valence-corrected chi connectivity index (χ2v) is 11.2. The Hall–Kier alpha value is -1.81. The molecule has 0 saturated carbocycles. The first-order chi connectivity index (χ1) is 16.1. The lowest BCUT2D eigenvalue weighted by Crippen LogP contribution is -2.58. The number of ether oxygens (including phenoxy) is 2. The van der Waals surface area contributed by atoms with Gasteiger partial charge >= 0.3 is 20.1 Å². The third kappa shape index (κ3) is 7.12. The molecule has 2 saturated heterocycles. The van der Waals surface area contributed by atoms with Crippen LogP contribution in [0, 0.1) is 5.82 Å². The fraction of sp³-hybridized carbons (Fsp3) is 0.611. The third-order valence-corrected chi connectivity index (χ3v) is 7.91. The van der Waals surface area contributed by atoms with Gasteiger partial charge in [-0.1, -0.05) is 6.07 Å². The first-order valence-corrected chi connectivity index (χ1v) is 13.2. The van der Waals surface area contributed by atoms with Gasteiger partial charge in [0.2, 0.25) is 16.1 Å². The molecule has 1 spiro atoms. The molecular weight excluding hydrogens is 527 g/mol. The summed E-state index contributed by atoms with van der Waals surface area (Å²) in [5.74, 6) is -0.718. The van der Waals surface area contributed by atoms with Gasteiger partial charge in [0.25, 0.3) is 0 Å². The summed E-state index contributed by atoms with van der Waals surface area (Å²) >= 11 is 0. The average molecular weight is 550 g/mol. The second-order valence-electron chi connectivity index (χ2n) is 8.01. The molecule has 3 rings (SSSR count). The van der Waals surface area contributed by atoms with Crippen LogP contribution in [0.5, 0.6) is 0 Å². The molecule has 0 radical (unpaired) electrons. The summed E-state index contributed by atoms with van der Waals surface area (Å²) in [6.45, 7) is -1.91. The van der Waals surface area contributed by atoms with E-state index in [9.17, 15) is 35.3 Å². The number of hydrogen-bond donors (Lipinski definition) is 2.